The normalized spacial score (nSPS) is 22.2. The summed E-state index contributed by atoms with van der Waals surface area (Å²) >= 11 is 0. The third kappa shape index (κ3) is 2.25. The number of aromatic nitrogens is 3. The van der Waals surface area contributed by atoms with Gasteiger partial charge in [0.05, 0.1) is 17.6 Å². The number of imidazole rings is 1. The first kappa shape index (κ1) is 15.1. The fourth-order valence-electron chi connectivity index (χ4n) is 4.25. The highest BCUT2D eigenvalue weighted by Crippen LogP contribution is 2.43. The standard InChI is InChI=1S/C18H22N4O3/c1-21-11-19-15-14(21)4-7-22(18(15)5-8-24-9-6-18)17(23)13-10-25-16(20-13)12-2-3-12/h10-12H,2-9H2,1H3. The molecule has 3 aliphatic rings. The fraction of sp³-hybridized carbons (Fsp3) is 0.611. The van der Waals surface area contributed by atoms with E-state index in [1.807, 2.05) is 18.3 Å². The smallest absolute Gasteiger partial charge is 0.276 e. The minimum atomic E-state index is -0.386. The van der Waals surface area contributed by atoms with Crippen molar-refractivity contribution in [2.45, 2.75) is 43.6 Å². The van der Waals surface area contributed by atoms with Crippen molar-refractivity contribution in [2.24, 2.45) is 7.05 Å². The topological polar surface area (TPSA) is 73.4 Å². The van der Waals surface area contributed by atoms with Crippen LogP contribution in [0, 0.1) is 0 Å². The molecule has 7 nitrogen and oxygen atoms in total. The molecule has 0 atom stereocenters. The van der Waals surface area contributed by atoms with E-state index in [-0.39, 0.29) is 11.4 Å². The van der Waals surface area contributed by atoms with Crippen LogP contribution in [0.3, 0.4) is 0 Å². The Morgan fingerprint density at radius 3 is 2.88 bits per heavy atom. The number of rotatable bonds is 2. The van der Waals surface area contributed by atoms with Gasteiger partial charge in [-0.1, -0.05) is 0 Å². The van der Waals surface area contributed by atoms with Gasteiger partial charge in [0, 0.05) is 44.8 Å². The number of hydrogen-bond acceptors (Lipinski definition) is 5. The van der Waals surface area contributed by atoms with Crippen LogP contribution in [0.15, 0.2) is 17.0 Å². The number of carbonyl (C=O) groups is 1. The van der Waals surface area contributed by atoms with Gasteiger partial charge in [0.15, 0.2) is 11.6 Å². The van der Waals surface area contributed by atoms with Gasteiger partial charge >= 0.3 is 0 Å². The maximum absolute atomic E-state index is 13.3. The Bertz CT molecular complexity index is 814. The summed E-state index contributed by atoms with van der Waals surface area (Å²) in [7, 11) is 2.02. The van der Waals surface area contributed by atoms with Gasteiger partial charge in [-0.05, 0) is 25.7 Å². The Morgan fingerprint density at radius 1 is 1.32 bits per heavy atom. The Hall–Kier alpha value is -2.15. The molecular formula is C18H22N4O3. The Labute approximate surface area is 146 Å². The molecule has 0 radical (unpaired) electrons. The second-order valence-electron chi connectivity index (χ2n) is 7.35. The molecule has 1 saturated carbocycles. The number of nitrogens with zero attached hydrogens (tertiary/aromatic N) is 4. The predicted octanol–water partition coefficient (Wildman–Crippen LogP) is 1.99. The molecule has 0 bridgehead atoms. The van der Waals surface area contributed by atoms with E-state index in [9.17, 15) is 4.79 Å². The van der Waals surface area contributed by atoms with Crippen LogP contribution in [-0.4, -0.2) is 45.1 Å². The summed E-state index contributed by atoms with van der Waals surface area (Å²) in [5.74, 6) is 1.07. The van der Waals surface area contributed by atoms with Gasteiger partial charge in [0.2, 0.25) is 0 Å². The predicted molar refractivity (Wildman–Crippen MR) is 88.2 cm³/mol. The molecular weight excluding hydrogens is 320 g/mol. The van der Waals surface area contributed by atoms with E-state index in [4.69, 9.17) is 9.15 Å². The molecule has 2 fully saturated rings. The van der Waals surface area contributed by atoms with E-state index in [0.29, 0.717) is 37.3 Å². The van der Waals surface area contributed by atoms with Gasteiger partial charge in [0.1, 0.15) is 6.26 Å². The van der Waals surface area contributed by atoms with Crippen molar-refractivity contribution in [1.82, 2.24) is 19.4 Å². The summed E-state index contributed by atoms with van der Waals surface area (Å²) in [6.45, 7) is 1.97. The van der Waals surface area contributed by atoms with Gasteiger partial charge in [0.25, 0.3) is 5.91 Å². The van der Waals surface area contributed by atoms with E-state index in [1.165, 1.54) is 12.0 Å². The summed E-state index contributed by atoms with van der Waals surface area (Å²) in [6.07, 6.45) is 7.96. The van der Waals surface area contributed by atoms with Crippen molar-refractivity contribution in [2.75, 3.05) is 19.8 Å². The first-order valence-electron chi connectivity index (χ1n) is 9.05. The monoisotopic (exact) mass is 342 g/mol. The highest BCUT2D eigenvalue weighted by Gasteiger charge is 2.49. The number of oxazole rings is 1. The molecule has 132 valence electrons. The van der Waals surface area contributed by atoms with Crippen LogP contribution in [0.1, 0.15) is 59.4 Å². The SMILES string of the molecule is Cn1cnc2c1CCN(C(=O)c1coc(C3CC3)n1)C21CCOCC1. The molecule has 7 heteroatoms. The largest absolute Gasteiger partial charge is 0.448 e. The lowest BCUT2D eigenvalue weighted by atomic mass is 9.80. The molecule has 0 aromatic carbocycles. The molecule has 1 spiro atoms. The van der Waals surface area contributed by atoms with E-state index in [1.54, 1.807) is 0 Å². The fourth-order valence-corrected chi connectivity index (χ4v) is 4.25. The summed E-state index contributed by atoms with van der Waals surface area (Å²) in [6, 6.07) is 0. The number of aryl methyl sites for hydroxylation is 1. The molecule has 5 rings (SSSR count). The molecule has 1 aliphatic carbocycles. The van der Waals surface area contributed by atoms with Gasteiger partial charge < -0.3 is 18.6 Å². The minimum Gasteiger partial charge on any atom is -0.448 e. The molecule has 2 aromatic heterocycles. The van der Waals surface area contributed by atoms with E-state index < -0.39 is 0 Å². The molecule has 1 amide bonds. The van der Waals surface area contributed by atoms with Crippen LogP contribution in [-0.2, 0) is 23.7 Å². The Balaban J connectivity index is 1.53. The number of hydrogen-bond donors (Lipinski definition) is 0. The van der Waals surface area contributed by atoms with E-state index in [0.717, 1.165) is 37.8 Å². The summed E-state index contributed by atoms with van der Waals surface area (Å²) in [5, 5.41) is 0. The van der Waals surface area contributed by atoms with Gasteiger partial charge in [-0.2, -0.15) is 0 Å². The van der Waals surface area contributed by atoms with Crippen LogP contribution in [0.5, 0.6) is 0 Å². The maximum Gasteiger partial charge on any atom is 0.276 e. The third-order valence-corrected chi connectivity index (χ3v) is 5.82. The maximum atomic E-state index is 13.3. The zero-order valence-electron chi connectivity index (χ0n) is 14.4. The molecule has 0 N–H and O–H groups in total. The second-order valence-corrected chi connectivity index (χ2v) is 7.35. The van der Waals surface area contributed by atoms with Crippen LogP contribution in [0.2, 0.25) is 0 Å². The summed E-state index contributed by atoms with van der Waals surface area (Å²) in [4.78, 5) is 24.4. The van der Waals surface area contributed by atoms with Crippen molar-refractivity contribution in [3.05, 3.63) is 35.6 Å². The van der Waals surface area contributed by atoms with Crippen molar-refractivity contribution >= 4 is 5.91 Å². The van der Waals surface area contributed by atoms with E-state index in [2.05, 4.69) is 14.5 Å². The van der Waals surface area contributed by atoms with Crippen LogP contribution >= 0.6 is 0 Å². The van der Waals surface area contributed by atoms with Crippen molar-refractivity contribution in [3.63, 3.8) is 0 Å². The van der Waals surface area contributed by atoms with Crippen LogP contribution in [0.4, 0.5) is 0 Å². The first-order valence-corrected chi connectivity index (χ1v) is 9.05. The first-order chi connectivity index (χ1) is 12.2. The highest BCUT2D eigenvalue weighted by atomic mass is 16.5. The number of ether oxygens (including phenoxy) is 1. The van der Waals surface area contributed by atoms with Crippen molar-refractivity contribution in [3.8, 4) is 0 Å². The van der Waals surface area contributed by atoms with Crippen LogP contribution < -0.4 is 0 Å². The van der Waals surface area contributed by atoms with Gasteiger partial charge in [-0.3, -0.25) is 4.79 Å². The Kier molecular flexibility index (Phi) is 3.28. The highest BCUT2D eigenvalue weighted by molar-refractivity contribution is 5.93. The average molecular weight is 342 g/mol. The summed E-state index contributed by atoms with van der Waals surface area (Å²) in [5.41, 5.74) is 2.30. The zero-order chi connectivity index (χ0) is 17.0. The number of carbonyl (C=O) groups excluding carboxylic acids is 1. The molecule has 2 aromatic rings. The lowest BCUT2D eigenvalue weighted by Gasteiger charge is -2.48. The molecule has 4 heterocycles. The molecule has 1 saturated heterocycles. The minimum absolute atomic E-state index is 0.0474. The van der Waals surface area contributed by atoms with Crippen LogP contribution in [0.25, 0.3) is 0 Å². The zero-order valence-corrected chi connectivity index (χ0v) is 14.4. The van der Waals surface area contributed by atoms with Gasteiger partial charge in [-0.15, -0.1) is 0 Å². The number of amides is 1. The molecule has 2 aliphatic heterocycles. The summed E-state index contributed by atoms with van der Waals surface area (Å²) < 4.78 is 13.2. The Morgan fingerprint density at radius 2 is 2.12 bits per heavy atom. The number of fused-ring (bicyclic) bond motifs is 2. The molecule has 0 unspecified atom stereocenters. The lowest BCUT2D eigenvalue weighted by molar-refractivity contribution is -0.0299. The average Bonchev–Trinajstić information content (AvgIpc) is 3.24. The van der Waals surface area contributed by atoms with E-state index >= 15 is 0 Å². The lowest BCUT2D eigenvalue weighted by Crippen LogP contribution is -2.56. The third-order valence-electron chi connectivity index (χ3n) is 5.82. The second kappa shape index (κ2) is 5.42. The molecule has 25 heavy (non-hydrogen) atoms. The van der Waals surface area contributed by atoms with Gasteiger partial charge in [-0.25, -0.2) is 9.97 Å². The quantitative estimate of drug-likeness (QED) is 0.834. The van der Waals surface area contributed by atoms with Crippen molar-refractivity contribution in [1.29, 1.82) is 0 Å². The van der Waals surface area contributed by atoms with Crippen molar-refractivity contribution < 1.29 is 13.9 Å².